The summed E-state index contributed by atoms with van der Waals surface area (Å²) in [6, 6.07) is 7.84. The Kier molecular flexibility index (Phi) is 4.41. The molecule has 0 saturated carbocycles. The summed E-state index contributed by atoms with van der Waals surface area (Å²) < 4.78 is 11.1. The molecule has 2 atom stereocenters. The minimum Gasteiger partial charge on any atom is -0.496 e. The van der Waals surface area contributed by atoms with Crippen LogP contribution in [0.2, 0.25) is 0 Å². The third kappa shape index (κ3) is 3.19. The average molecular weight is 290 g/mol. The molecule has 1 amide bonds. The second kappa shape index (κ2) is 6.45. The standard InChI is InChI=1S/C16H22N2O3/c1-20-15-7-3-2-6-14(15)16(19)17-9-13-10-18-8-4-5-12(18)11-21-13/h2-3,6-7,12-13H,4-5,8-11H2,1H3,(H,17,19). The van der Waals surface area contributed by atoms with Crippen molar-refractivity contribution in [2.24, 2.45) is 0 Å². The molecule has 0 aromatic heterocycles. The number of carbonyl (C=O) groups is 1. The number of benzene rings is 1. The number of nitrogens with zero attached hydrogens (tertiary/aromatic N) is 1. The van der Waals surface area contributed by atoms with Crippen LogP contribution >= 0.6 is 0 Å². The second-order valence-electron chi connectivity index (χ2n) is 5.66. The molecule has 2 fully saturated rings. The molecule has 0 spiro atoms. The zero-order valence-corrected chi connectivity index (χ0v) is 12.4. The van der Waals surface area contributed by atoms with Crippen LogP contribution in [-0.2, 0) is 4.74 Å². The lowest BCUT2D eigenvalue weighted by atomic mass is 10.1. The fourth-order valence-corrected chi connectivity index (χ4v) is 3.14. The van der Waals surface area contributed by atoms with Crippen LogP contribution in [0.4, 0.5) is 0 Å². The number of ether oxygens (including phenoxy) is 2. The van der Waals surface area contributed by atoms with Crippen molar-refractivity contribution < 1.29 is 14.3 Å². The van der Waals surface area contributed by atoms with Gasteiger partial charge in [0.15, 0.2) is 0 Å². The zero-order chi connectivity index (χ0) is 14.7. The minimum atomic E-state index is -0.111. The van der Waals surface area contributed by atoms with Crippen LogP contribution < -0.4 is 10.1 Å². The summed E-state index contributed by atoms with van der Waals surface area (Å²) in [5.74, 6) is 0.485. The first-order valence-electron chi connectivity index (χ1n) is 7.55. The number of methoxy groups -OCH3 is 1. The average Bonchev–Trinajstić information content (AvgIpc) is 3.00. The monoisotopic (exact) mass is 290 g/mol. The predicted molar refractivity (Wildman–Crippen MR) is 79.7 cm³/mol. The van der Waals surface area contributed by atoms with E-state index in [1.807, 2.05) is 12.1 Å². The number of carbonyl (C=O) groups excluding carboxylic acids is 1. The van der Waals surface area contributed by atoms with E-state index in [0.29, 0.717) is 23.9 Å². The molecule has 5 nitrogen and oxygen atoms in total. The maximum Gasteiger partial charge on any atom is 0.255 e. The molecule has 3 rings (SSSR count). The molecule has 2 saturated heterocycles. The SMILES string of the molecule is COc1ccccc1C(=O)NCC1CN2CCCC2CO1. The molecule has 5 heteroatoms. The Labute approximate surface area is 125 Å². The van der Waals surface area contributed by atoms with Gasteiger partial charge >= 0.3 is 0 Å². The molecule has 0 radical (unpaired) electrons. The lowest BCUT2D eigenvalue weighted by Crippen LogP contribution is -2.50. The molecule has 0 bridgehead atoms. The van der Waals surface area contributed by atoms with E-state index < -0.39 is 0 Å². The highest BCUT2D eigenvalue weighted by Gasteiger charge is 2.32. The van der Waals surface area contributed by atoms with E-state index in [1.54, 1.807) is 19.2 Å². The van der Waals surface area contributed by atoms with Crippen LogP contribution in [0, 0.1) is 0 Å². The molecular weight excluding hydrogens is 268 g/mol. The Morgan fingerprint density at radius 2 is 2.33 bits per heavy atom. The van der Waals surface area contributed by atoms with Crippen molar-refractivity contribution in [3.63, 3.8) is 0 Å². The van der Waals surface area contributed by atoms with Crippen LogP contribution in [0.25, 0.3) is 0 Å². The molecule has 1 aromatic rings. The zero-order valence-electron chi connectivity index (χ0n) is 12.4. The van der Waals surface area contributed by atoms with Gasteiger partial charge in [-0.3, -0.25) is 9.69 Å². The Bertz CT molecular complexity index is 506. The number of amides is 1. The van der Waals surface area contributed by atoms with Crippen LogP contribution in [-0.4, -0.2) is 56.3 Å². The van der Waals surface area contributed by atoms with Gasteiger partial charge in [-0.15, -0.1) is 0 Å². The molecule has 1 N–H and O–H groups in total. The van der Waals surface area contributed by atoms with Gasteiger partial charge in [0.1, 0.15) is 5.75 Å². The van der Waals surface area contributed by atoms with Gasteiger partial charge in [-0.2, -0.15) is 0 Å². The van der Waals surface area contributed by atoms with Gasteiger partial charge in [-0.05, 0) is 31.5 Å². The molecule has 0 aliphatic carbocycles. The van der Waals surface area contributed by atoms with E-state index in [-0.39, 0.29) is 12.0 Å². The van der Waals surface area contributed by atoms with E-state index >= 15 is 0 Å². The Balaban J connectivity index is 1.54. The first-order chi connectivity index (χ1) is 10.3. The third-order valence-electron chi connectivity index (χ3n) is 4.30. The van der Waals surface area contributed by atoms with Crippen LogP contribution in [0.5, 0.6) is 5.75 Å². The summed E-state index contributed by atoms with van der Waals surface area (Å²) in [5.41, 5.74) is 0.565. The normalized spacial score (nSPS) is 25.4. The number of para-hydroxylation sites is 1. The van der Waals surface area contributed by atoms with Gasteiger partial charge in [0, 0.05) is 19.1 Å². The quantitative estimate of drug-likeness (QED) is 0.908. The van der Waals surface area contributed by atoms with Gasteiger partial charge < -0.3 is 14.8 Å². The maximum absolute atomic E-state index is 12.2. The summed E-state index contributed by atoms with van der Waals surface area (Å²) in [6.45, 7) is 3.40. The van der Waals surface area contributed by atoms with Gasteiger partial charge in [-0.1, -0.05) is 12.1 Å². The highest BCUT2D eigenvalue weighted by atomic mass is 16.5. The van der Waals surface area contributed by atoms with Gasteiger partial charge in [0.05, 0.1) is 25.4 Å². The summed E-state index contributed by atoms with van der Waals surface area (Å²) in [5, 5.41) is 2.95. The highest BCUT2D eigenvalue weighted by Crippen LogP contribution is 2.22. The van der Waals surface area contributed by atoms with E-state index in [9.17, 15) is 4.79 Å². The van der Waals surface area contributed by atoms with Crippen LogP contribution in [0.3, 0.4) is 0 Å². The number of nitrogens with one attached hydrogen (secondary N) is 1. The van der Waals surface area contributed by atoms with Crippen molar-refractivity contribution in [3.05, 3.63) is 29.8 Å². The molecular formula is C16H22N2O3. The third-order valence-corrected chi connectivity index (χ3v) is 4.30. The lowest BCUT2D eigenvalue weighted by molar-refractivity contribution is -0.0461. The molecule has 2 aliphatic rings. The van der Waals surface area contributed by atoms with Gasteiger partial charge in [0.25, 0.3) is 5.91 Å². The van der Waals surface area contributed by atoms with E-state index in [2.05, 4.69) is 10.2 Å². The first kappa shape index (κ1) is 14.4. The summed E-state index contributed by atoms with van der Waals surface area (Å²) in [4.78, 5) is 14.7. The van der Waals surface area contributed by atoms with Crippen LogP contribution in [0.15, 0.2) is 24.3 Å². The van der Waals surface area contributed by atoms with Gasteiger partial charge in [-0.25, -0.2) is 0 Å². The number of hydrogen-bond acceptors (Lipinski definition) is 4. The molecule has 2 unspecified atom stereocenters. The van der Waals surface area contributed by atoms with Crippen molar-refractivity contribution in [1.29, 1.82) is 0 Å². The Hall–Kier alpha value is -1.59. The Morgan fingerprint density at radius 1 is 1.48 bits per heavy atom. The van der Waals surface area contributed by atoms with Crippen molar-refractivity contribution >= 4 is 5.91 Å². The fourth-order valence-electron chi connectivity index (χ4n) is 3.14. The number of morpholine rings is 1. The van der Waals surface area contributed by atoms with Crippen molar-refractivity contribution in [3.8, 4) is 5.75 Å². The predicted octanol–water partition coefficient (Wildman–Crippen LogP) is 1.29. The first-order valence-corrected chi connectivity index (χ1v) is 7.55. The Morgan fingerprint density at radius 3 is 3.19 bits per heavy atom. The number of hydrogen-bond donors (Lipinski definition) is 1. The van der Waals surface area contributed by atoms with Crippen molar-refractivity contribution in [1.82, 2.24) is 10.2 Å². The maximum atomic E-state index is 12.2. The summed E-state index contributed by atoms with van der Waals surface area (Å²) in [7, 11) is 1.57. The lowest BCUT2D eigenvalue weighted by Gasteiger charge is -2.35. The topological polar surface area (TPSA) is 50.8 Å². The molecule has 2 heterocycles. The minimum absolute atomic E-state index is 0.0815. The van der Waals surface area contributed by atoms with E-state index in [4.69, 9.17) is 9.47 Å². The summed E-state index contributed by atoms with van der Waals surface area (Å²) in [6.07, 6.45) is 2.58. The van der Waals surface area contributed by atoms with E-state index in [0.717, 1.165) is 19.7 Å². The van der Waals surface area contributed by atoms with E-state index in [1.165, 1.54) is 12.8 Å². The van der Waals surface area contributed by atoms with Gasteiger partial charge in [0.2, 0.25) is 0 Å². The molecule has 2 aliphatic heterocycles. The molecule has 21 heavy (non-hydrogen) atoms. The number of rotatable bonds is 4. The largest absolute Gasteiger partial charge is 0.496 e. The highest BCUT2D eigenvalue weighted by molar-refractivity contribution is 5.96. The molecule has 114 valence electrons. The molecule has 1 aromatic carbocycles. The van der Waals surface area contributed by atoms with Crippen molar-refractivity contribution in [2.45, 2.75) is 25.0 Å². The second-order valence-corrected chi connectivity index (χ2v) is 5.66. The van der Waals surface area contributed by atoms with Crippen molar-refractivity contribution in [2.75, 3.05) is 33.4 Å². The van der Waals surface area contributed by atoms with Crippen LogP contribution in [0.1, 0.15) is 23.2 Å². The summed E-state index contributed by atoms with van der Waals surface area (Å²) >= 11 is 0. The fraction of sp³-hybridized carbons (Fsp3) is 0.562. The number of fused-ring (bicyclic) bond motifs is 1. The smallest absolute Gasteiger partial charge is 0.255 e.